The Morgan fingerprint density at radius 1 is 1.00 bits per heavy atom. The zero-order chi connectivity index (χ0) is 16.8. The van der Waals surface area contributed by atoms with Crippen LogP contribution in [0, 0.1) is 0 Å². The van der Waals surface area contributed by atoms with Gasteiger partial charge in [-0.3, -0.25) is 9.69 Å². The van der Waals surface area contributed by atoms with Crippen LogP contribution in [-0.2, 0) is 6.54 Å². The van der Waals surface area contributed by atoms with Gasteiger partial charge in [0.05, 0.1) is 6.04 Å². The average Bonchev–Trinajstić information content (AvgIpc) is 2.77. The molecule has 0 aliphatic carbocycles. The summed E-state index contributed by atoms with van der Waals surface area (Å²) in [5.74, 6) is 0.00978. The summed E-state index contributed by atoms with van der Waals surface area (Å²) < 4.78 is 0. The molecule has 1 heterocycles. The fourth-order valence-electron chi connectivity index (χ4n) is 3.18. The fraction of sp³-hybridized carbons (Fsp3) is 0.350. The second-order valence-corrected chi connectivity index (χ2v) is 6.52. The summed E-state index contributed by atoms with van der Waals surface area (Å²) in [5.41, 5.74) is 2.04. The Kier molecular flexibility index (Phi) is 5.62. The lowest BCUT2D eigenvalue weighted by Crippen LogP contribution is -2.46. The first-order valence-corrected chi connectivity index (χ1v) is 8.51. The van der Waals surface area contributed by atoms with Crippen molar-refractivity contribution >= 4 is 5.91 Å². The minimum atomic E-state index is 0.00978. The summed E-state index contributed by atoms with van der Waals surface area (Å²) in [6.07, 6.45) is 0. The molecule has 0 radical (unpaired) electrons. The predicted octanol–water partition coefficient (Wildman–Crippen LogP) is 2.23. The molecule has 1 fully saturated rings. The minimum absolute atomic E-state index is 0.00978. The largest absolute Gasteiger partial charge is 0.347 e. The average molecular weight is 323 g/mol. The molecule has 4 nitrogen and oxygen atoms in total. The summed E-state index contributed by atoms with van der Waals surface area (Å²) in [6.45, 7) is 4.71. The Bertz CT molecular complexity index is 644. The fourth-order valence-corrected chi connectivity index (χ4v) is 3.18. The van der Waals surface area contributed by atoms with Crippen LogP contribution in [0.3, 0.4) is 0 Å². The van der Waals surface area contributed by atoms with Gasteiger partial charge >= 0.3 is 0 Å². The summed E-state index contributed by atoms with van der Waals surface area (Å²) in [4.78, 5) is 17.2. The molecule has 2 aromatic carbocycles. The van der Waals surface area contributed by atoms with Crippen molar-refractivity contribution in [1.29, 1.82) is 0 Å². The normalized spacial score (nSPS) is 19.6. The maximum absolute atomic E-state index is 12.4. The van der Waals surface area contributed by atoms with Gasteiger partial charge in [-0.05, 0) is 24.7 Å². The van der Waals surface area contributed by atoms with E-state index in [2.05, 4.69) is 46.4 Å². The molecular weight excluding hydrogens is 298 g/mol. The molecule has 4 heteroatoms. The van der Waals surface area contributed by atoms with E-state index in [0.29, 0.717) is 0 Å². The van der Waals surface area contributed by atoms with Crippen molar-refractivity contribution in [1.82, 2.24) is 15.1 Å². The standard InChI is InChI=1S/C20H25N3O/c1-22-12-13-23(14-17-8-4-2-5-9-17)16-19(15-22)21-20(24)18-10-6-3-7-11-18/h2-11,19H,12-16H2,1H3,(H,21,24). The van der Waals surface area contributed by atoms with Crippen LogP contribution in [-0.4, -0.2) is 55.0 Å². The van der Waals surface area contributed by atoms with Gasteiger partial charge in [-0.15, -0.1) is 0 Å². The maximum atomic E-state index is 12.4. The monoisotopic (exact) mass is 323 g/mol. The number of amides is 1. The van der Waals surface area contributed by atoms with Crippen LogP contribution in [0.4, 0.5) is 0 Å². The molecule has 0 spiro atoms. The molecule has 0 aromatic heterocycles. The van der Waals surface area contributed by atoms with Crippen molar-refractivity contribution in [2.45, 2.75) is 12.6 Å². The first-order valence-electron chi connectivity index (χ1n) is 8.51. The minimum Gasteiger partial charge on any atom is -0.347 e. The van der Waals surface area contributed by atoms with E-state index in [4.69, 9.17) is 0 Å². The third-order valence-electron chi connectivity index (χ3n) is 4.43. The summed E-state index contributed by atoms with van der Waals surface area (Å²) in [6, 6.07) is 20.1. The van der Waals surface area contributed by atoms with Gasteiger partial charge in [0.1, 0.15) is 0 Å². The second-order valence-electron chi connectivity index (χ2n) is 6.52. The maximum Gasteiger partial charge on any atom is 0.251 e. The van der Waals surface area contributed by atoms with Gasteiger partial charge in [0, 0.05) is 38.3 Å². The van der Waals surface area contributed by atoms with E-state index in [0.717, 1.165) is 38.3 Å². The van der Waals surface area contributed by atoms with Gasteiger partial charge in [0.15, 0.2) is 0 Å². The van der Waals surface area contributed by atoms with E-state index in [9.17, 15) is 4.79 Å². The Hall–Kier alpha value is -2.17. The third-order valence-corrected chi connectivity index (χ3v) is 4.43. The summed E-state index contributed by atoms with van der Waals surface area (Å²) in [5, 5.41) is 3.20. The molecule has 1 unspecified atom stereocenters. The Labute approximate surface area is 144 Å². The summed E-state index contributed by atoms with van der Waals surface area (Å²) >= 11 is 0. The molecule has 0 bridgehead atoms. The number of nitrogens with one attached hydrogen (secondary N) is 1. The molecule has 126 valence electrons. The molecule has 1 amide bonds. The number of hydrogen-bond donors (Lipinski definition) is 1. The van der Waals surface area contributed by atoms with Crippen molar-refractivity contribution < 1.29 is 4.79 Å². The number of nitrogens with zero attached hydrogens (tertiary/aromatic N) is 2. The first kappa shape index (κ1) is 16.7. The van der Waals surface area contributed by atoms with Gasteiger partial charge < -0.3 is 10.2 Å². The van der Waals surface area contributed by atoms with Gasteiger partial charge in [-0.2, -0.15) is 0 Å². The molecule has 24 heavy (non-hydrogen) atoms. The van der Waals surface area contributed by atoms with Crippen LogP contribution in [0.2, 0.25) is 0 Å². The highest BCUT2D eigenvalue weighted by molar-refractivity contribution is 5.94. The molecule has 1 aliphatic rings. The number of likely N-dealkylation sites (N-methyl/N-ethyl adjacent to an activating group) is 1. The Morgan fingerprint density at radius 3 is 2.38 bits per heavy atom. The molecule has 2 aromatic rings. The molecule has 1 saturated heterocycles. The number of rotatable bonds is 4. The van der Waals surface area contributed by atoms with Crippen LogP contribution in [0.5, 0.6) is 0 Å². The number of hydrogen-bond acceptors (Lipinski definition) is 3. The first-order chi connectivity index (χ1) is 11.7. The van der Waals surface area contributed by atoms with Crippen LogP contribution >= 0.6 is 0 Å². The highest BCUT2D eigenvalue weighted by Gasteiger charge is 2.22. The molecule has 1 N–H and O–H groups in total. The van der Waals surface area contributed by atoms with Crippen LogP contribution < -0.4 is 5.32 Å². The van der Waals surface area contributed by atoms with Crippen molar-refractivity contribution in [3.63, 3.8) is 0 Å². The van der Waals surface area contributed by atoms with E-state index in [-0.39, 0.29) is 11.9 Å². The number of carbonyl (C=O) groups excluding carboxylic acids is 1. The van der Waals surface area contributed by atoms with E-state index in [1.807, 2.05) is 36.4 Å². The number of carbonyl (C=O) groups is 1. The summed E-state index contributed by atoms with van der Waals surface area (Å²) in [7, 11) is 2.12. The van der Waals surface area contributed by atoms with Gasteiger partial charge in [0.2, 0.25) is 0 Å². The van der Waals surface area contributed by atoms with E-state index in [1.165, 1.54) is 5.56 Å². The zero-order valence-corrected chi connectivity index (χ0v) is 14.2. The number of benzene rings is 2. The molecular formula is C20H25N3O. The van der Waals surface area contributed by atoms with Crippen molar-refractivity contribution in [3.05, 3.63) is 71.8 Å². The van der Waals surface area contributed by atoms with Crippen molar-refractivity contribution in [2.24, 2.45) is 0 Å². The Balaban J connectivity index is 1.64. The van der Waals surface area contributed by atoms with E-state index >= 15 is 0 Å². The highest BCUT2D eigenvalue weighted by Crippen LogP contribution is 2.09. The predicted molar refractivity (Wildman–Crippen MR) is 96.9 cm³/mol. The Morgan fingerprint density at radius 2 is 1.67 bits per heavy atom. The molecule has 3 rings (SSSR count). The SMILES string of the molecule is CN1CCN(Cc2ccccc2)CC(NC(=O)c2ccccc2)C1. The van der Waals surface area contributed by atoms with Gasteiger partial charge in [-0.25, -0.2) is 0 Å². The lowest BCUT2D eigenvalue weighted by atomic mass is 10.1. The van der Waals surface area contributed by atoms with Gasteiger partial charge in [0.25, 0.3) is 5.91 Å². The molecule has 1 atom stereocenters. The van der Waals surface area contributed by atoms with Crippen LogP contribution in [0.25, 0.3) is 0 Å². The molecule has 0 saturated carbocycles. The zero-order valence-electron chi connectivity index (χ0n) is 14.2. The second kappa shape index (κ2) is 8.08. The lowest BCUT2D eigenvalue weighted by molar-refractivity contribution is 0.0924. The van der Waals surface area contributed by atoms with Crippen molar-refractivity contribution in [3.8, 4) is 0 Å². The van der Waals surface area contributed by atoms with Crippen LogP contribution in [0.15, 0.2) is 60.7 Å². The van der Waals surface area contributed by atoms with Crippen LogP contribution in [0.1, 0.15) is 15.9 Å². The topological polar surface area (TPSA) is 35.6 Å². The van der Waals surface area contributed by atoms with Crippen molar-refractivity contribution in [2.75, 3.05) is 33.2 Å². The highest BCUT2D eigenvalue weighted by atomic mass is 16.1. The van der Waals surface area contributed by atoms with Gasteiger partial charge in [-0.1, -0.05) is 48.5 Å². The quantitative estimate of drug-likeness (QED) is 0.937. The smallest absolute Gasteiger partial charge is 0.251 e. The molecule has 1 aliphatic heterocycles. The van der Waals surface area contributed by atoms with E-state index < -0.39 is 0 Å². The van der Waals surface area contributed by atoms with E-state index in [1.54, 1.807) is 0 Å². The lowest BCUT2D eigenvalue weighted by Gasteiger charge is -2.25. The third kappa shape index (κ3) is 4.66.